The number of carbonyl (C=O) groups excluding carboxylic acids is 1. The molecule has 1 unspecified atom stereocenters. The maximum absolute atomic E-state index is 11.9. The van der Waals surface area contributed by atoms with Crippen molar-refractivity contribution in [3.63, 3.8) is 0 Å². The summed E-state index contributed by atoms with van der Waals surface area (Å²) in [4.78, 5) is 11.9. The molecular weight excluding hydrogens is 204 g/mol. The van der Waals surface area contributed by atoms with Gasteiger partial charge in [-0.05, 0) is 18.3 Å². The third-order valence-electron chi connectivity index (χ3n) is 3.46. The predicted octanol–water partition coefficient (Wildman–Crippen LogP) is 1.30. The average molecular weight is 222 g/mol. The molecule has 0 saturated heterocycles. The van der Waals surface area contributed by atoms with E-state index in [1.54, 1.807) is 0 Å². The quantitative estimate of drug-likeness (QED) is 0.705. The van der Waals surface area contributed by atoms with Crippen LogP contribution in [-0.2, 0) is 0 Å². The molecule has 1 aliphatic carbocycles. The number of amides is 1. The minimum atomic E-state index is -0.157. The lowest BCUT2D eigenvalue weighted by Gasteiger charge is -2.27. The molecule has 1 atom stereocenters. The normalized spacial score (nSPS) is 23.2. The van der Waals surface area contributed by atoms with E-state index in [0.29, 0.717) is 11.4 Å². The second-order valence-corrected chi connectivity index (χ2v) is 5.11. The van der Waals surface area contributed by atoms with E-state index in [9.17, 15) is 4.79 Å². The van der Waals surface area contributed by atoms with E-state index in [1.807, 2.05) is 0 Å². The molecule has 0 aliphatic heterocycles. The van der Waals surface area contributed by atoms with Crippen LogP contribution >= 0.6 is 0 Å². The molecule has 1 aromatic rings. The average Bonchev–Trinajstić information content (AvgIpc) is 2.74. The number of aromatic amines is 1. The topological polar surface area (TPSA) is 83.8 Å². The van der Waals surface area contributed by atoms with E-state index >= 15 is 0 Å². The third kappa shape index (κ3) is 1.89. The molecule has 16 heavy (non-hydrogen) atoms. The Kier molecular flexibility index (Phi) is 2.61. The summed E-state index contributed by atoms with van der Waals surface area (Å²) in [5.41, 5.74) is 6.56. The highest BCUT2D eigenvalue weighted by molar-refractivity contribution is 5.97. The molecule has 2 rings (SSSR count). The van der Waals surface area contributed by atoms with Crippen LogP contribution in [0.15, 0.2) is 6.20 Å². The smallest absolute Gasteiger partial charge is 0.271 e. The lowest BCUT2D eigenvalue weighted by atomic mass is 9.87. The first-order valence-electron chi connectivity index (χ1n) is 5.60. The second kappa shape index (κ2) is 3.81. The van der Waals surface area contributed by atoms with Gasteiger partial charge < -0.3 is 11.1 Å². The minimum absolute atomic E-state index is 0.157. The van der Waals surface area contributed by atoms with Crippen molar-refractivity contribution in [2.75, 3.05) is 5.73 Å². The van der Waals surface area contributed by atoms with E-state index in [4.69, 9.17) is 5.73 Å². The number of nitrogens with two attached hydrogens (primary N) is 1. The van der Waals surface area contributed by atoms with Gasteiger partial charge >= 0.3 is 0 Å². The molecule has 1 heterocycles. The fraction of sp³-hybridized carbons (Fsp3) is 0.636. The maximum atomic E-state index is 11.9. The molecule has 88 valence electrons. The molecule has 1 amide bonds. The van der Waals surface area contributed by atoms with Crippen LogP contribution in [0.3, 0.4) is 0 Å². The predicted molar refractivity (Wildman–Crippen MR) is 61.9 cm³/mol. The van der Waals surface area contributed by atoms with Crippen LogP contribution in [0.2, 0.25) is 0 Å². The molecule has 1 aliphatic rings. The van der Waals surface area contributed by atoms with Gasteiger partial charge in [-0.25, -0.2) is 0 Å². The summed E-state index contributed by atoms with van der Waals surface area (Å²) in [6.07, 6.45) is 4.80. The van der Waals surface area contributed by atoms with Crippen LogP contribution in [0.4, 0.5) is 5.69 Å². The highest BCUT2D eigenvalue weighted by atomic mass is 16.2. The van der Waals surface area contributed by atoms with Crippen LogP contribution in [0.25, 0.3) is 0 Å². The summed E-state index contributed by atoms with van der Waals surface area (Å²) in [5, 5.41) is 9.38. The van der Waals surface area contributed by atoms with Gasteiger partial charge in [-0.15, -0.1) is 0 Å². The summed E-state index contributed by atoms with van der Waals surface area (Å²) in [7, 11) is 0. The molecule has 0 aromatic carbocycles. The highest BCUT2D eigenvalue weighted by Gasteiger charge is 2.35. The largest absolute Gasteiger partial charge is 0.396 e. The Labute approximate surface area is 94.8 Å². The number of anilines is 1. The van der Waals surface area contributed by atoms with Gasteiger partial charge in [0, 0.05) is 6.04 Å². The fourth-order valence-electron chi connectivity index (χ4n) is 2.30. The van der Waals surface area contributed by atoms with E-state index in [1.165, 1.54) is 6.20 Å². The number of H-pyrrole nitrogens is 1. The Morgan fingerprint density at radius 2 is 2.44 bits per heavy atom. The van der Waals surface area contributed by atoms with Crippen LogP contribution in [-0.4, -0.2) is 22.1 Å². The zero-order valence-corrected chi connectivity index (χ0v) is 9.71. The number of hydrogen-bond acceptors (Lipinski definition) is 3. The number of hydrogen-bond donors (Lipinski definition) is 3. The molecule has 1 fully saturated rings. The molecule has 1 aromatic heterocycles. The Balaban J connectivity index is 2.06. The van der Waals surface area contributed by atoms with Crippen LogP contribution in [0, 0.1) is 5.41 Å². The van der Waals surface area contributed by atoms with Gasteiger partial charge in [-0.3, -0.25) is 9.89 Å². The van der Waals surface area contributed by atoms with Crippen molar-refractivity contribution in [3.05, 3.63) is 11.9 Å². The van der Waals surface area contributed by atoms with E-state index in [2.05, 4.69) is 29.4 Å². The van der Waals surface area contributed by atoms with Crippen molar-refractivity contribution in [1.29, 1.82) is 0 Å². The Morgan fingerprint density at radius 3 is 2.94 bits per heavy atom. The summed E-state index contributed by atoms with van der Waals surface area (Å²) in [6.45, 7) is 4.36. The first kappa shape index (κ1) is 11.0. The van der Waals surface area contributed by atoms with E-state index < -0.39 is 0 Å². The van der Waals surface area contributed by atoms with Crippen molar-refractivity contribution in [2.45, 2.75) is 39.2 Å². The Morgan fingerprint density at radius 1 is 1.69 bits per heavy atom. The Bertz CT molecular complexity index is 396. The van der Waals surface area contributed by atoms with Crippen molar-refractivity contribution >= 4 is 11.6 Å². The van der Waals surface area contributed by atoms with Crippen LogP contribution in [0.1, 0.15) is 43.6 Å². The SMILES string of the molecule is CC1(C)CCCC1NC(=O)c1[nH]ncc1N. The third-order valence-corrected chi connectivity index (χ3v) is 3.46. The maximum Gasteiger partial charge on any atom is 0.271 e. The second-order valence-electron chi connectivity index (χ2n) is 5.11. The van der Waals surface area contributed by atoms with Crippen LogP contribution in [0.5, 0.6) is 0 Å². The van der Waals surface area contributed by atoms with Gasteiger partial charge in [0.1, 0.15) is 5.69 Å². The highest BCUT2D eigenvalue weighted by Crippen LogP contribution is 2.37. The fourth-order valence-corrected chi connectivity index (χ4v) is 2.30. The number of carbonyl (C=O) groups is 1. The molecular formula is C11H18N4O. The lowest BCUT2D eigenvalue weighted by Crippen LogP contribution is -2.41. The van der Waals surface area contributed by atoms with Gasteiger partial charge in [0.15, 0.2) is 0 Å². The molecule has 0 spiro atoms. The molecule has 0 bridgehead atoms. The van der Waals surface area contributed by atoms with Crippen LogP contribution < -0.4 is 11.1 Å². The van der Waals surface area contributed by atoms with E-state index in [0.717, 1.165) is 19.3 Å². The molecule has 5 heteroatoms. The number of nitrogens with zero attached hydrogens (tertiary/aromatic N) is 1. The van der Waals surface area contributed by atoms with Crippen molar-refractivity contribution in [2.24, 2.45) is 5.41 Å². The molecule has 0 radical (unpaired) electrons. The lowest BCUT2D eigenvalue weighted by molar-refractivity contribution is 0.0906. The van der Waals surface area contributed by atoms with E-state index in [-0.39, 0.29) is 17.4 Å². The first-order valence-corrected chi connectivity index (χ1v) is 5.60. The van der Waals surface area contributed by atoms with Gasteiger partial charge in [0.05, 0.1) is 11.9 Å². The Hall–Kier alpha value is -1.52. The first-order chi connectivity index (χ1) is 7.50. The number of nitrogen functional groups attached to an aromatic ring is 1. The number of nitrogens with one attached hydrogen (secondary N) is 2. The number of aromatic nitrogens is 2. The molecule has 1 saturated carbocycles. The molecule has 5 nitrogen and oxygen atoms in total. The summed E-state index contributed by atoms with van der Waals surface area (Å²) in [5.74, 6) is -0.157. The summed E-state index contributed by atoms with van der Waals surface area (Å²) < 4.78 is 0. The van der Waals surface area contributed by atoms with Crippen molar-refractivity contribution in [3.8, 4) is 0 Å². The minimum Gasteiger partial charge on any atom is -0.396 e. The van der Waals surface area contributed by atoms with Gasteiger partial charge in [-0.2, -0.15) is 5.10 Å². The number of rotatable bonds is 2. The monoisotopic (exact) mass is 222 g/mol. The van der Waals surface area contributed by atoms with Crippen molar-refractivity contribution < 1.29 is 4.79 Å². The van der Waals surface area contributed by atoms with Gasteiger partial charge in [0.2, 0.25) is 0 Å². The standard InChI is InChI=1S/C11H18N4O/c1-11(2)5-3-4-8(11)14-10(16)9-7(12)6-13-15-9/h6,8H,3-5,12H2,1-2H3,(H,13,15)(H,14,16). The zero-order chi connectivity index (χ0) is 11.8. The zero-order valence-electron chi connectivity index (χ0n) is 9.71. The van der Waals surface area contributed by atoms with Gasteiger partial charge in [0.25, 0.3) is 5.91 Å². The summed E-state index contributed by atoms with van der Waals surface area (Å²) >= 11 is 0. The van der Waals surface area contributed by atoms with Gasteiger partial charge in [-0.1, -0.05) is 20.3 Å². The molecule has 4 N–H and O–H groups in total. The van der Waals surface area contributed by atoms with Crippen molar-refractivity contribution in [1.82, 2.24) is 15.5 Å². The summed E-state index contributed by atoms with van der Waals surface area (Å²) in [6, 6.07) is 0.225.